The SMILES string of the molecule is CC(C)C1C=CC(N2CCC(c3ccccc3)CC2)=CC1. The van der Waals surface area contributed by atoms with E-state index in [0.717, 1.165) is 17.8 Å². The molecule has 1 heterocycles. The zero-order chi connectivity index (χ0) is 14.7. The van der Waals surface area contributed by atoms with Crippen LogP contribution in [0.25, 0.3) is 0 Å². The normalized spacial score (nSPS) is 23.5. The molecule has 21 heavy (non-hydrogen) atoms. The average Bonchev–Trinajstić information content (AvgIpc) is 2.56. The van der Waals surface area contributed by atoms with Gasteiger partial charge in [0.05, 0.1) is 0 Å². The molecule has 1 saturated heterocycles. The van der Waals surface area contributed by atoms with Crippen molar-refractivity contribution in [2.24, 2.45) is 11.8 Å². The number of rotatable bonds is 3. The Morgan fingerprint density at radius 3 is 2.33 bits per heavy atom. The van der Waals surface area contributed by atoms with Gasteiger partial charge in [0, 0.05) is 18.8 Å². The Labute approximate surface area is 129 Å². The van der Waals surface area contributed by atoms with Crippen LogP contribution in [-0.2, 0) is 0 Å². The zero-order valence-corrected chi connectivity index (χ0v) is 13.3. The number of piperidine rings is 1. The van der Waals surface area contributed by atoms with Gasteiger partial charge in [0.15, 0.2) is 0 Å². The summed E-state index contributed by atoms with van der Waals surface area (Å²) >= 11 is 0. The highest BCUT2D eigenvalue weighted by atomic mass is 15.1. The van der Waals surface area contributed by atoms with Gasteiger partial charge < -0.3 is 4.90 Å². The number of hydrogen-bond donors (Lipinski definition) is 0. The van der Waals surface area contributed by atoms with Gasteiger partial charge in [0.25, 0.3) is 0 Å². The predicted molar refractivity (Wildman–Crippen MR) is 90.2 cm³/mol. The van der Waals surface area contributed by atoms with Crippen LogP contribution in [0, 0.1) is 11.8 Å². The maximum atomic E-state index is 2.58. The summed E-state index contributed by atoms with van der Waals surface area (Å²) in [5.74, 6) is 2.23. The summed E-state index contributed by atoms with van der Waals surface area (Å²) in [6.45, 7) is 7.03. The molecule has 0 saturated carbocycles. The summed E-state index contributed by atoms with van der Waals surface area (Å²) in [6.07, 6.45) is 11.0. The van der Waals surface area contributed by atoms with Crippen LogP contribution in [0.4, 0.5) is 0 Å². The first-order valence-corrected chi connectivity index (χ1v) is 8.42. The lowest BCUT2D eigenvalue weighted by atomic mass is 9.87. The van der Waals surface area contributed by atoms with Crippen molar-refractivity contribution in [1.82, 2.24) is 4.90 Å². The van der Waals surface area contributed by atoms with Crippen molar-refractivity contribution in [1.29, 1.82) is 0 Å². The van der Waals surface area contributed by atoms with Crippen LogP contribution in [0.3, 0.4) is 0 Å². The first-order chi connectivity index (χ1) is 10.2. The first kappa shape index (κ1) is 14.4. The van der Waals surface area contributed by atoms with Gasteiger partial charge in [-0.2, -0.15) is 0 Å². The van der Waals surface area contributed by atoms with Crippen molar-refractivity contribution < 1.29 is 0 Å². The molecule has 0 spiro atoms. The van der Waals surface area contributed by atoms with Gasteiger partial charge in [-0.1, -0.05) is 56.3 Å². The second-order valence-corrected chi connectivity index (χ2v) is 6.80. The Bertz CT molecular complexity index is 504. The monoisotopic (exact) mass is 281 g/mol. The van der Waals surface area contributed by atoms with Crippen LogP contribution >= 0.6 is 0 Å². The molecule has 3 rings (SSSR count). The molecular weight excluding hydrogens is 254 g/mol. The number of benzene rings is 1. The third-order valence-corrected chi connectivity index (χ3v) is 5.10. The summed E-state index contributed by atoms with van der Waals surface area (Å²) in [5, 5.41) is 0. The molecule has 0 radical (unpaired) electrons. The topological polar surface area (TPSA) is 3.24 Å². The van der Waals surface area contributed by atoms with E-state index < -0.39 is 0 Å². The summed E-state index contributed by atoms with van der Waals surface area (Å²) in [7, 11) is 0. The molecular formula is C20H27N. The summed E-state index contributed by atoms with van der Waals surface area (Å²) in [5.41, 5.74) is 2.98. The van der Waals surface area contributed by atoms with E-state index in [-0.39, 0.29) is 0 Å². The Morgan fingerprint density at radius 1 is 1.05 bits per heavy atom. The molecule has 0 aromatic heterocycles. The number of hydrogen-bond acceptors (Lipinski definition) is 1. The van der Waals surface area contributed by atoms with Crippen molar-refractivity contribution in [3.05, 3.63) is 59.8 Å². The molecule has 0 N–H and O–H groups in total. The molecule has 1 fully saturated rings. The van der Waals surface area contributed by atoms with E-state index in [2.05, 4.69) is 67.3 Å². The Kier molecular flexibility index (Phi) is 4.48. The molecule has 1 atom stereocenters. The van der Waals surface area contributed by atoms with Gasteiger partial charge >= 0.3 is 0 Å². The van der Waals surface area contributed by atoms with Gasteiger partial charge in [0.1, 0.15) is 0 Å². The van der Waals surface area contributed by atoms with E-state index in [1.54, 1.807) is 0 Å². The smallest absolute Gasteiger partial charge is 0.0322 e. The van der Waals surface area contributed by atoms with Gasteiger partial charge in [-0.25, -0.2) is 0 Å². The molecule has 1 aliphatic carbocycles. The average molecular weight is 281 g/mol. The minimum absolute atomic E-state index is 0.732. The molecule has 0 amide bonds. The van der Waals surface area contributed by atoms with Gasteiger partial charge in [-0.15, -0.1) is 0 Å². The lowest BCUT2D eigenvalue weighted by molar-refractivity contribution is 0.266. The molecule has 1 aromatic carbocycles. The van der Waals surface area contributed by atoms with Crippen molar-refractivity contribution in [2.75, 3.05) is 13.1 Å². The number of allylic oxidation sites excluding steroid dienone is 3. The summed E-state index contributed by atoms with van der Waals surface area (Å²) < 4.78 is 0. The van der Waals surface area contributed by atoms with Crippen LogP contribution in [-0.4, -0.2) is 18.0 Å². The Morgan fingerprint density at radius 2 is 1.76 bits per heavy atom. The highest BCUT2D eigenvalue weighted by molar-refractivity contribution is 5.25. The molecule has 0 bridgehead atoms. The molecule has 1 nitrogen and oxygen atoms in total. The van der Waals surface area contributed by atoms with Gasteiger partial charge in [-0.3, -0.25) is 0 Å². The second-order valence-electron chi connectivity index (χ2n) is 6.80. The van der Waals surface area contributed by atoms with E-state index in [0.29, 0.717) is 0 Å². The van der Waals surface area contributed by atoms with Crippen LogP contribution in [0.15, 0.2) is 54.3 Å². The van der Waals surface area contributed by atoms with E-state index >= 15 is 0 Å². The molecule has 1 aromatic rings. The quantitative estimate of drug-likeness (QED) is 0.755. The van der Waals surface area contributed by atoms with Gasteiger partial charge in [-0.05, 0) is 48.7 Å². The van der Waals surface area contributed by atoms with Gasteiger partial charge in [0.2, 0.25) is 0 Å². The second kappa shape index (κ2) is 6.51. The van der Waals surface area contributed by atoms with Crippen LogP contribution in [0.1, 0.15) is 44.6 Å². The first-order valence-electron chi connectivity index (χ1n) is 8.42. The fourth-order valence-electron chi connectivity index (χ4n) is 3.55. The third-order valence-electron chi connectivity index (χ3n) is 5.10. The van der Waals surface area contributed by atoms with E-state index in [4.69, 9.17) is 0 Å². The summed E-state index contributed by atoms with van der Waals surface area (Å²) in [4.78, 5) is 2.58. The van der Waals surface area contributed by atoms with E-state index in [1.807, 2.05) is 0 Å². The minimum Gasteiger partial charge on any atom is -0.372 e. The minimum atomic E-state index is 0.732. The Balaban J connectivity index is 1.56. The molecule has 1 heteroatoms. The molecule has 2 aliphatic rings. The standard InChI is InChI=1S/C20H27N/c1-16(2)17-8-10-20(11-9-17)21-14-12-19(13-15-21)18-6-4-3-5-7-18/h3-8,10-11,16-17,19H,9,12-15H2,1-2H3. The predicted octanol–water partition coefficient (Wildman–Crippen LogP) is 4.98. The lowest BCUT2D eigenvalue weighted by Crippen LogP contribution is -2.32. The van der Waals surface area contributed by atoms with E-state index in [1.165, 1.54) is 43.6 Å². The molecule has 1 aliphatic heterocycles. The lowest BCUT2D eigenvalue weighted by Gasteiger charge is -2.36. The number of nitrogens with zero attached hydrogens (tertiary/aromatic N) is 1. The van der Waals surface area contributed by atoms with Crippen molar-refractivity contribution >= 4 is 0 Å². The van der Waals surface area contributed by atoms with E-state index in [9.17, 15) is 0 Å². The zero-order valence-electron chi connectivity index (χ0n) is 13.3. The van der Waals surface area contributed by atoms with Crippen LogP contribution in [0.2, 0.25) is 0 Å². The molecule has 112 valence electrons. The third kappa shape index (κ3) is 3.40. The van der Waals surface area contributed by atoms with Crippen LogP contribution < -0.4 is 0 Å². The van der Waals surface area contributed by atoms with Crippen molar-refractivity contribution in [3.63, 3.8) is 0 Å². The maximum Gasteiger partial charge on any atom is 0.0322 e. The van der Waals surface area contributed by atoms with Crippen molar-refractivity contribution in [2.45, 2.75) is 39.0 Å². The largest absolute Gasteiger partial charge is 0.372 e. The maximum absolute atomic E-state index is 2.58. The van der Waals surface area contributed by atoms with Crippen LogP contribution in [0.5, 0.6) is 0 Å². The molecule has 1 unspecified atom stereocenters. The summed E-state index contributed by atoms with van der Waals surface area (Å²) in [6, 6.07) is 11.0. The fourth-order valence-corrected chi connectivity index (χ4v) is 3.55. The Hall–Kier alpha value is -1.50. The highest BCUT2D eigenvalue weighted by Crippen LogP contribution is 2.31. The highest BCUT2D eigenvalue weighted by Gasteiger charge is 2.22. The van der Waals surface area contributed by atoms with Crippen molar-refractivity contribution in [3.8, 4) is 0 Å². The number of likely N-dealkylation sites (tertiary alicyclic amines) is 1. The fraction of sp³-hybridized carbons (Fsp3) is 0.500.